The molecule has 11 heteroatoms. The van der Waals surface area contributed by atoms with Crippen molar-refractivity contribution < 1.29 is 24.0 Å². The molecule has 0 unspecified atom stereocenters. The minimum Gasteiger partial charge on any atom is -0.482 e. The predicted octanol–water partition coefficient (Wildman–Crippen LogP) is 3.98. The number of hydrogen-bond acceptors (Lipinski definition) is 8. The molecule has 0 saturated carbocycles. The summed E-state index contributed by atoms with van der Waals surface area (Å²) in [6.45, 7) is -0.347. The van der Waals surface area contributed by atoms with Crippen LogP contribution in [-0.4, -0.2) is 29.6 Å². The lowest BCUT2D eigenvalue weighted by atomic mass is 10.2. The van der Waals surface area contributed by atoms with Gasteiger partial charge in [0.1, 0.15) is 17.6 Å². The largest absolute Gasteiger partial charge is 0.482 e. The van der Waals surface area contributed by atoms with Gasteiger partial charge in [0.2, 0.25) is 0 Å². The number of rotatable bonds is 8. The van der Waals surface area contributed by atoms with Crippen LogP contribution in [0.4, 0.5) is 5.69 Å². The van der Waals surface area contributed by atoms with Crippen molar-refractivity contribution >= 4 is 39.7 Å². The Morgan fingerprint density at radius 1 is 1.15 bits per heavy atom. The number of carbonyl (C=O) groups is 2. The van der Waals surface area contributed by atoms with Gasteiger partial charge in [-0.1, -0.05) is 28.1 Å². The number of esters is 1. The standard InChI is InChI=1S/C23H15BrN4O6/c24-18-6-9-21(17(11-18)12-25)33-14-22(29)27-26-13-15-2-1-3-20(10-15)34-23(30)16-4-7-19(8-5-16)28(31)32/h1-11,13H,14H2,(H,27,29)/b26-13+. The molecular formula is C23H15BrN4O6. The molecule has 1 N–H and O–H groups in total. The number of halogens is 1. The van der Waals surface area contributed by atoms with Crippen molar-refractivity contribution in [1.82, 2.24) is 5.43 Å². The number of nitro groups is 1. The molecule has 0 radical (unpaired) electrons. The summed E-state index contributed by atoms with van der Waals surface area (Å²) in [5, 5.41) is 23.7. The van der Waals surface area contributed by atoms with Gasteiger partial charge in [0.15, 0.2) is 6.61 Å². The summed E-state index contributed by atoms with van der Waals surface area (Å²) in [5.41, 5.74) is 3.14. The lowest BCUT2D eigenvalue weighted by Gasteiger charge is -2.07. The van der Waals surface area contributed by atoms with Crippen molar-refractivity contribution in [3.8, 4) is 17.6 Å². The smallest absolute Gasteiger partial charge is 0.343 e. The van der Waals surface area contributed by atoms with Crippen LogP contribution in [0.1, 0.15) is 21.5 Å². The Bertz CT molecular complexity index is 1300. The minimum atomic E-state index is -0.681. The predicted molar refractivity (Wildman–Crippen MR) is 125 cm³/mol. The molecule has 3 rings (SSSR count). The molecule has 34 heavy (non-hydrogen) atoms. The Morgan fingerprint density at radius 2 is 1.91 bits per heavy atom. The Kier molecular flexibility index (Phi) is 8.04. The summed E-state index contributed by atoms with van der Waals surface area (Å²) in [7, 11) is 0. The minimum absolute atomic E-state index is 0.135. The van der Waals surface area contributed by atoms with Gasteiger partial charge in [-0.15, -0.1) is 0 Å². The van der Waals surface area contributed by atoms with Crippen LogP contribution in [0, 0.1) is 21.4 Å². The highest BCUT2D eigenvalue weighted by Gasteiger charge is 2.12. The van der Waals surface area contributed by atoms with Gasteiger partial charge in [-0.3, -0.25) is 14.9 Å². The highest BCUT2D eigenvalue weighted by molar-refractivity contribution is 9.10. The molecular weight excluding hydrogens is 508 g/mol. The summed E-state index contributed by atoms with van der Waals surface area (Å²) < 4.78 is 11.3. The molecule has 0 spiro atoms. The van der Waals surface area contributed by atoms with Gasteiger partial charge in [0.05, 0.1) is 22.3 Å². The number of benzene rings is 3. The molecule has 0 fully saturated rings. The number of hydrazone groups is 1. The fourth-order valence-electron chi connectivity index (χ4n) is 2.61. The highest BCUT2D eigenvalue weighted by atomic mass is 79.9. The van der Waals surface area contributed by atoms with Gasteiger partial charge in [0, 0.05) is 16.6 Å². The zero-order valence-electron chi connectivity index (χ0n) is 17.3. The highest BCUT2D eigenvalue weighted by Crippen LogP contribution is 2.22. The van der Waals surface area contributed by atoms with Gasteiger partial charge in [0.25, 0.3) is 11.6 Å². The fourth-order valence-corrected chi connectivity index (χ4v) is 2.97. The van der Waals surface area contributed by atoms with E-state index in [-0.39, 0.29) is 34.9 Å². The summed E-state index contributed by atoms with van der Waals surface area (Å²) >= 11 is 3.26. The molecule has 0 bridgehead atoms. The summed E-state index contributed by atoms with van der Waals surface area (Å²) in [6, 6.07) is 18.2. The van der Waals surface area contributed by atoms with Crippen LogP contribution < -0.4 is 14.9 Å². The Hall–Kier alpha value is -4.56. The molecule has 3 aromatic carbocycles. The van der Waals surface area contributed by atoms with Crippen LogP contribution in [0.15, 0.2) is 76.3 Å². The number of nitro benzene ring substituents is 1. The van der Waals surface area contributed by atoms with Gasteiger partial charge >= 0.3 is 5.97 Å². The zero-order valence-corrected chi connectivity index (χ0v) is 18.9. The maximum atomic E-state index is 12.2. The normalized spacial score (nSPS) is 10.4. The van der Waals surface area contributed by atoms with Crippen molar-refractivity contribution in [3.05, 3.63) is 98.0 Å². The number of hydrogen-bond donors (Lipinski definition) is 1. The number of nitrogens with one attached hydrogen (secondary N) is 1. The second-order valence-corrected chi connectivity index (χ2v) is 7.52. The first-order valence-corrected chi connectivity index (χ1v) is 10.4. The van der Waals surface area contributed by atoms with Crippen molar-refractivity contribution in [3.63, 3.8) is 0 Å². The van der Waals surface area contributed by atoms with Crippen LogP contribution in [0.5, 0.6) is 11.5 Å². The third kappa shape index (κ3) is 6.72. The van der Waals surface area contributed by atoms with E-state index >= 15 is 0 Å². The lowest BCUT2D eigenvalue weighted by molar-refractivity contribution is -0.384. The summed E-state index contributed by atoms with van der Waals surface area (Å²) in [5.74, 6) is -0.725. The molecule has 0 atom stereocenters. The number of nitrogens with zero attached hydrogens (tertiary/aromatic N) is 3. The van der Waals surface area contributed by atoms with E-state index in [9.17, 15) is 19.7 Å². The van der Waals surface area contributed by atoms with Gasteiger partial charge in [-0.2, -0.15) is 10.4 Å². The molecule has 0 aromatic heterocycles. The van der Waals surface area contributed by atoms with E-state index < -0.39 is 16.8 Å². The molecule has 0 aliphatic carbocycles. The molecule has 10 nitrogen and oxygen atoms in total. The van der Waals surface area contributed by atoms with E-state index in [2.05, 4.69) is 26.5 Å². The fraction of sp³-hybridized carbons (Fsp3) is 0.0435. The number of carbonyl (C=O) groups excluding carboxylic acids is 2. The number of nitriles is 1. The SMILES string of the molecule is N#Cc1cc(Br)ccc1OCC(=O)N/N=C/c1cccc(OC(=O)c2ccc([N+](=O)[O-])cc2)c1. The molecule has 0 aliphatic rings. The van der Waals surface area contributed by atoms with E-state index in [0.29, 0.717) is 10.0 Å². The first-order chi connectivity index (χ1) is 16.4. The van der Waals surface area contributed by atoms with Crippen LogP contribution in [0.25, 0.3) is 0 Å². The first-order valence-electron chi connectivity index (χ1n) is 9.57. The maximum absolute atomic E-state index is 12.2. The van der Waals surface area contributed by atoms with Crippen molar-refractivity contribution in [2.24, 2.45) is 5.10 Å². The Balaban J connectivity index is 1.54. The van der Waals surface area contributed by atoms with Crippen LogP contribution in [-0.2, 0) is 4.79 Å². The average Bonchev–Trinajstić information content (AvgIpc) is 2.83. The molecule has 170 valence electrons. The van der Waals surface area contributed by atoms with Gasteiger partial charge in [-0.25, -0.2) is 10.2 Å². The molecule has 1 amide bonds. The van der Waals surface area contributed by atoms with E-state index in [4.69, 9.17) is 14.7 Å². The van der Waals surface area contributed by atoms with Crippen LogP contribution >= 0.6 is 15.9 Å². The van der Waals surface area contributed by atoms with Crippen LogP contribution in [0.3, 0.4) is 0 Å². The van der Waals surface area contributed by atoms with Gasteiger partial charge in [-0.05, 0) is 48.0 Å². The molecule has 3 aromatic rings. The third-order valence-electron chi connectivity index (χ3n) is 4.21. The van der Waals surface area contributed by atoms with E-state index in [0.717, 1.165) is 0 Å². The second kappa shape index (κ2) is 11.3. The quantitative estimate of drug-likeness (QED) is 0.155. The monoisotopic (exact) mass is 522 g/mol. The zero-order chi connectivity index (χ0) is 24.5. The van der Waals surface area contributed by atoms with E-state index in [1.54, 1.807) is 36.4 Å². The van der Waals surface area contributed by atoms with Crippen molar-refractivity contribution in [1.29, 1.82) is 5.26 Å². The van der Waals surface area contributed by atoms with E-state index in [1.807, 2.05) is 6.07 Å². The number of non-ortho nitro benzene ring substituents is 1. The van der Waals surface area contributed by atoms with Crippen molar-refractivity contribution in [2.45, 2.75) is 0 Å². The Morgan fingerprint density at radius 3 is 2.62 bits per heavy atom. The molecule has 0 heterocycles. The van der Waals surface area contributed by atoms with Crippen LogP contribution in [0.2, 0.25) is 0 Å². The second-order valence-electron chi connectivity index (χ2n) is 6.60. The average molecular weight is 523 g/mol. The lowest BCUT2D eigenvalue weighted by Crippen LogP contribution is -2.24. The maximum Gasteiger partial charge on any atom is 0.343 e. The number of amides is 1. The third-order valence-corrected chi connectivity index (χ3v) is 4.70. The molecule has 0 aliphatic heterocycles. The molecule has 0 saturated heterocycles. The summed E-state index contributed by atoms with van der Waals surface area (Å²) in [4.78, 5) is 34.3. The topological polar surface area (TPSA) is 144 Å². The number of ether oxygens (including phenoxy) is 2. The van der Waals surface area contributed by atoms with Crippen molar-refractivity contribution in [2.75, 3.05) is 6.61 Å². The van der Waals surface area contributed by atoms with Gasteiger partial charge < -0.3 is 9.47 Å². The summed E-state index contributed by atoms with van der Waals surface area (Å²) in [6.07, 6.45) is 1.35. The van der Waals surface area contributed by atoms with E-state index in [1.165, 1.54) is 36.5 Å². The Labute approximate surface area is 201 Å². The first kappa shape index (κ1) is 24.1.